The summed E-state index contributed by atoms with van der Waals surface area (Å²) in [4.78, 5) is 18.8. The molecule has 0 radical (unpaired) electrons. The van der Waals surface area contributed by atoms with Crippen molar-refractivity contribution in [1.82, 2.24) is 9.97 Å². The monoisotopic (exact) mass is 326 g/mol. The van der Waals surface area contributed by atoms with Gasteiger partial charge in [0.25, 0.3) is 5.56 Å². The number of hydrogen-bond acceptors (Lipinski definition) is 2. The molecule has 0 amide bonds. The van der Waals surface area contributed by atoms with E-state index in [0.717, 1.165) is 28.6 Å². The van der Waals surface area contributed by atoms with Gasteiger partial charge in [0.05, 0.1) is 0 Å². The number of nitrogens with one attached hydrogen (secondary N) is 1. The van der Waals surface area contributed by atoms with Crippen LogP contribution in [0.2, 0.25) is 5.02 Å². The molecular weight excluding hydrogens is 316 g/mol. The van der Waals surface area contributed by atoms with Crippen LogP contribution in [0.1, 0.15) is 19.0 Å². The zero-order chi connectivity index (χ0) is 13.1. The van der Waals surface area contributed by atoms with E-state index < -0.39 is 0 Å². The summed E-state index contributed by atoms with van der Waals surface area (Å²) in [7, 11) is 0. The summed E-state index contributed by atoms with van der Waals surface area (Å²) in [6.45, 7) is 2.06. The third-order valence-electron chi connectivity index (χ3n) is 2.49. The number of nitrogens with zero attached hydrogens (tertiary/aromatic N) is 1. The van der Waals surface area contributed by atoms with Crippen LogP contribution in [-0.2, 0) is 6.42 Å². The summed E-state index contributed by atoms with van der Waals surface area (Å²) in [5, 5.41) is 0.637. The van der Waals surface area contributed by atoms with Crippen LogP contribution in [0.4, 0.5) is 0 Å². The smallest absolute Gasteiger partial charge is 0.251 e. The Bertz CT molecular complexity index is 625. The van der Waals surface area contributed by atoms with Crippen LogP contribution in [0, 0.1) is 0 Å². The molecule has 0 bridgehead atoms. The summed E-state index contributed by atoms with van der Waals surface area (Å²) in [6.07, 6.45) is 1.75. The minimum Gasteiger partial charge on any atom is -0.306 e. The highest BCUT2D eigenvalue weighted by Crippen LogP contribution is 2.28. The minimum atomic E-state index is -0.134. The van der Waals surface area contributed by atoms with Gasteiger partial charge in [-0.25, -0.2) is 4.98 Å². The van der Waals surface area contributed by atoms with Crippen molar-refractivity contribution in [3.63, 3.8) is 0 Å². The van der Waals surface area contributed by atoms with E-state index in [-0.39, 0.29) is 5.56 Å². The van der Waals surface area contributed by atoms with Gasteiger partial charge in [-0.2, -0.15) is 0 Å². The van der Waals surface area contributed by atoms with Gasteiger partial charge >= 0.3 is 0 Å². The van der Waals surface area contributed by atoms with Crippen molar-refractivity contribution in [1.29, 1.82) is 0 Å². The SMILES string of the molecule is CCCc1cc(=O)[nH]c(-c2ccc(Cl)cc2Br)n1. The highest BCUT2D eigenvalue weighted by atomic mass is 79.9. The van der Waals surface area contributed by atoms with E-state index in [2.05, 4.69) is 32.8 Å². The molecule has 5 heteroatoms. The number of aryl methyl sites for hydroxylation is 1. The topological polar surface area (TPSA) is 45.8 Å². The number of halogens is 2. The fourth-order valence-electron chi connectivity index (χ4n) is 1.70. The molecule has 0 atom stereocenters. The van der Waals surface area contributed by atoms with Crippen LogP contribution < -0.4 is 5.56 Å². The highest BCUT2D eigenvalue weighted by molar-refractivity contribution is 9.10. The fraction of sp³-hybridized carbons (Fsp3) is 0.231. The first-order valence-corrected chi connectivity index (χ1v) is 6.83. The Morgan fingerprint density at radius 3 is 2.83 bits per heavy atom. The van der Waals surface area contributed by atoms with E-state index in [0.29, 0.717) is 10.8 Å². The van der Waals surface area contributed by atoms with Gasteiger partial charge in [0.2, 0.25) is 0 Å². The molecule has 94 valence electrons. The van der Waals surface area contributed by atoms with Crippen molar-refractivity contribution in [3.05, 3.63) is 49.8 Å². The molecule has 0 fully saturated rings. The summed E-state index contributed by atoms with van der Waals surface area (Å²) in [5.74, 6) is 0.564. The standard InChI is InChI=1S/C13H12BrClN2O/c1-2-3-9-7-12(18)17-13(16-9)10-5-4-8(15)6-11(10)14/h4-7H,2-3H2,1H3,(H,16,17,18). The zero-order valence-corrected chi connectivity index (χ0v) is 12.2. The Morgan fingerprint density at radius 1 is 1.39 bits per heavy atom. The first kappa shape index (κ1) is 13.3. The van der Waals surface area contributed by atoms with E-state index >= 15 is 0 Å². The summed E-state index contributed by atoms with van der Waals surface area (Å²) < 4.78 is 0.812. The number of aromatic amines is 1. The molecule has 3 nitrogen and oxygen atoms in total. The third kappa shape index (κ3) is 3.00. The molecule has 0 spiro atoms. The molecule has 0 aliphatic heterocycles. The second-order valence-corrected chi connectivity index (χ2v) is 5.25. The van der Waals surface area contributed by atoms with Crippen LogP contribution in [0.5, 0.6) is 0 Å². The van der Waals surface area contributed by atoms with Crippen molar-refractivity contribution >= 4 is 27.5 Å². The number of aromatic nitrogens is 2. The van der Waals surface area contributed by atoms with Gasteiger partial charge in [-0.05, 0) is 40.5 Å². The highest BCUT2D eigenvalue weighted by Gasteiger charge is 2.08. The maximum Gasteiger partial charge on any atom is 0.251 e. The van der Waals surface area contributed by atoms with Crippen molar-refractivity contribution in [2.24, 2.45) is 0 Å². The van der Waals surface area contributed by atoms with Crippen LogP contribution in [0.15, 0.2) is 33.5 Å². The number of hydrogen-bond donors (Lipinski definition) is 1. The first-order valence-electron chi connectivity index (χ1n) is 5.66. The molecule has 0 unspecified atom stereocenters. The molecule has 1 heterocycles. The average Bonchev–Trinajstić information content (AvgIpc) is 2.28. The van der Waals surface area contributed by atoms with Gasteiger partial charge in [0.1, 0.15) is 5.82 Å². The van der Waals surface area contributed by atoms with Crippen molar-refractivity contribution in [3.8, 4) is 11.4 Å². The van der Waals surface area contributed by atoms with Crippen LogP contribution in [-0.4, -0.2) is 9.97 Å². The van der Waals surface area contributed by atoms with E-state index in [9.17, 15) is 4.79 Å². The summed E-state index contributed by atoms with van der Waals surface area (Å²) >= 11 is 9.32. The maximum absolute atomic E-state index is 11.6. The largest absolute Gasteiger partial charge is 0.306 e. The lowest BCUT2D eigenvalue weighted by Gasteiger charge is -2.06. The summed E-state index contributed by atoms with van der Waals surface area (Å²) in [5.41, 5.74) is 1.50. The van der Waals surface area contributed by atoms with Crippen LogP contribution >= 0.6 is 27.5 Å². The Hall–Kier alpha value is -1.13. The molecule has 2 aromatic rings. The quantitative estimate of drug-likeness (QED) is 0.932. The average molecular weight is 328 g/mol. The van der Waals surface area contributed by atoms with Gasteiger partial charge in [-0.3, -0.25) is 4.79 Å². The fourth-order valence-corrected chi connectivity index (χ4v) is 2.57. The molecule has 0 aliphatic rings. The van der Waals surface area contributed by atoms with Gasteiger partial charge < -0.3 is 4.98 Å². The van der Waals surface area contributed by atoms with E-state index in [1.807, 2.05) is 6.07 Å². The second kappa shape index (κ2) is 5.67. The predicted molar refractivity (Wildman–Crippen MR) is 77.0 cm³/mol. The molecule has 1 aromatic heterocycles. The van der Waals surface area contributed by atoms with Gasteiger partial charge in [-0.15, -0.1) is 0 Å². The lowest BCUT2D eigenvalue weighted by Crippen LogP contribution is -2.10. The molecular formula is C13H12BrClN2O. The molecule has 0 aliphatic carbocycles. The number of H-pyrrole nitrogens is 1. The van der Waals surface area contributed by atoms with Crippen molar-refractivity contribution in [2.75, 3.05) is 0 Å². The predicted octanol–water partition coefficient (Wildman–Crippen LogP) is 3.81. The van der Waals surface area contributed by atoms with E-state index in [1.54, 1.807) is 12.1 Å². The maximum atomic E-state index is 11.6. The minimum absolute atomic E-state index is 0.134. The van der Waals surface area contributed by atoms with E-state index in [1.165, 1.54) is 6.07 Å². The van der Waals surface area contributed by atoms with Crippen molar-refractivity contribution < 1.29 is 0 Å². The van der Waals surface area contributed by atoms with Crippen molar-refractivity contribution in [2.45, 2.75) is 19.8 Å². The lowest BCUT2D eigenvalue weighted by molar-refractivity contribution is 0.869. The van der Waals surface area contributed by atoms with Crippen LogP contribution in [0.3, 0.4) is 0 Å². The molecule has 2 rings (SSSR count). The molecule has 1 N–H and O–H groups in total. The first-order chi connectivity index (χ1) is 8.60. The number of rotatable bonds is 3. The molecule has 1 aromatic carbocycles. The second-order valence-electron chi connectivity index (χ2n) is 3.96. The third-order valence-corrected chi connectivity index (χ3v) is 3.38. The Kier molecular flexibility index (Phi) is 4.19. The number of benzene rings is 1. The Morgan fingerprint density at radius 2 is 2.17 bits per heavy atom. The normalized spacial score (nSPS) is 10.6. The molecule has 0 saturated carbocycles. The van der Waals surface area contributed by atoms with Crippen LogP contribution in [0.25, 0.3) is 11.4 Å². The lowest BCUT2D eigenvalue weighted by atomic mass is 10.2. The van der Waals surface area contributed by atoms with E-state index in [4.69, 9.17) is 11.6 Å². The van der Waals surface area contributed by atoms with Gasteiger partial charge in [-0.1, -0.05) is 24.9 Å². The Labute approximate surface area is 118 Å². The van der Waals surface area contributed by atoms with Gasteiger partial charge in [0, 0.05) is 26.8 Å². The Balaban J connectivity index is 2.53. The summed E-state index contributed by atoms with van der Waals surface area (Å²) in [6, 6.07) is 6.93. The molecule has 0 saturated heterocycles. The zero-order valence-electron chi connectivity index (χ0n) is 9.84. The molecule has 18 heavy (non-hydrogen) atoms. The van der Waals surface area contributed by atoms with Gasteiger partial charge in [0.15, 0.2) is 0 Å².